The molecule has 4 nitrogen and oxygen atoms in total. The first-order valence-corrected chi connectivity index (χ1v) is 6.97. The van der Waals surface area contributed by atoms with Crippen molar-refractivity contribution in [2.45, 2.75) is 19.8 Å². The predicted octanol–water partition coefficient (Wildman–Crippen LogP) is 4.19. The minimum absolute atomic E-state index is 0.215. The third kappa shape index (κ3) is 3.56. The van der Waals surface area contributed by atoms with Crippen LogP contribution in [0.2, 0.25) is 0 Å². The SMILES string of the molecule is CC(C)C(c1ccc(OC#N)cc1)c1ccc(OC#N)cc1. The van der Waals surface area contributed by atoms with Gasteiger partial charge in [-0.25, -0.2) is 0 Å². The second-order valence-corrected chi connectivity index (χ2v) is 5.25. The summed E-state index contributed by atoms with van der Waals surface area (Å²) in [5, 5.41) is 17.1. The molecule has 0 aliphatic heterocycles. The molecule has 0 radical (unpaired) electrons. The highest BCUT2D eigenvalue weighted by atomic mass is 16.5. The quantitative estimate of drug-likeness (QED) is 0.775. The maximum Gasteiger partial charge on any atom is 0.292 e. The Kier molecular flexibility index (Phi) is 5.01. The maximum atomic E-state index is 8.53. The zero-order chi connectivity index (χ0) is 15.9. The monoisotopic (exact) mass is 292 g/mol. The van der Waals surface area contributed by atoms with Gasteiger partial charge in [-0.15, -0.1) is 10.5 Å². The first-order valence-electron chi connectivity index (χ1n) is 6.97. The molecule has 22 heavy (non-hydrogen) atoms. The van der Waals surface area contributed by atoms with Gasteiger partial charge in [0, 0.05) is 5.92 Å². The highest BCUT2D eigenvalue weighted by Gasteiger charge is 2.18. The Morgan fingerprint density at radius 1 is 0.727 bits per heavy atom. The van der Waals surface area contributed by atoms with Crippen molar-refractivity contribution in [3.63, 3.8) is 0 Å². The number of rotatable bonds is 5. The smallest absolute Gasteiger partial charge is 0.292 e. The van der Waals surface area contributed by atoms with E-state index in [1.54, 1.807) is 36.8 Å². The fraction of sp³-hybridized carbons (Fsp3) is 0.222. The van der Waals surface area contributed by atoms with Gasteiger partial charge in [0.2, 0.25) is 0 Å². The molecule has 0 spiro atoms. The molecule has 0 atom stereocenters. The van der Waals surface area contributed by atoms with Gasteiger partial charge in [0.25, 0.3) is 12.5 Å². The van der Waals surface area contributed by atoms with Gasteiger partial charge in [-0.3, -0.25) is 0 Å². The van der Waals surface area contributed by atoms with E-state index < -0.39 is 0 Å². The summed E-state index contributed by atoms with van der Waals surface area (Å²) in [5.41, 5.74) is 2.29. The number of benzene rings is 2. The summed E-state index contributed by atoms with van der Waals surface area (Å²) in [4.78, 5) is 0. The number of nitrogens with zero attached hydrogens (tertiary/aromatic N) is 2. The fourth-order valence-electron chi connectivity index (χ4n) is 2.55. The number of hydrogen-bond acceptors (Lipinski definition) is 4. The molecule has 0 saturated heterocycles. The average molecular weight is 292 g/mol. The Hall–Kier alpha value is -2.98. The zero-order valence-electron chi connectivity index (χ0n) is 12.5. The summed E-state index contributed by atoms with van der Waals surface area (Å²) in [7, 11) is 0. The van der Waals surface area contributed by atoms with Gasteiger partial charge in [-0.2, -0.15) is 0 Å². The minimum atomic E-state index is 0.215. The lowest BCUT2D eigenvalue weighted by molar-refractivity contribution is 0.504. The van der Waals surface area contributed by atoms with Crippen LogP contribution in [0.1, 0.15) is 30.9 Å². The van der Waals surface area contributed by atoms with Gasteiger partial charge >= 0.3 is 0 Å². The fourth-order valence-corrected chi connectivity index (χ4v) is 2.55. The van der Waals surface area contributed by atoms with Gasteiger partial charge < -0.3 is 9.47 Å². The second kappa shape index (κ2) is 7.15. The van der Waals surface area contributed by atoms with E-state index in [0.717, 1.165) is 11.1 Å². The second-order valence-electron chi connectivity index (χ2n) is 5.25. The van der Waals surface area contributed by atoms with Crippen LogP contribution in [0.4, 0.5) is 0 Å². The van der Waals surface area contributed by atoms with Gasteiger partial charge in [0.05, 0.1) is 0 Å². The molecule has 0 saturated carbocycles. The molecule has 4 heteroatoms. The van der Waals surface area contributed by atoms with Crippen molar-refractivity contribution >= 4 is 0 Å². The molecule has 0 heterocycles. The van der Waals surface area contributed by atoms with Gasteiger partial charge in [-0.05, 0) is 41.3 Å². The van der Waals surface area contributed by atoms with E-state index in [-0.39, 0.29) is 5.92 Å². The highest BCUT2D eigenvalue weighted by molar-refractivity contribution is 5.39. The van der Waals surface area contributed by atoms with Gasteiger partial charge in [0.15, 0.2) is 0 Å². The largest absolute Gasteiger partial charge is 0.388 e. The van der Waals surface area contributed by atoms with Crippen LogP contribution < -0.4 is 9.47 Å². The Morgan fingerprint density at radius 2 is 1.09 bits per heavy atom. The average Bonchev–Trinajstić information content (AvgIpc) is 2.51. The normalized spacial score (nSPS) is 10.1. The van der Waals surface area contributed by atoms with E-state index in [9.17, 15) is 0 Å². The number of nitriles is 2. The molecule has 0 aliphatic carbocycles. The van der Waals surface area contributed by atoms with Crippen molar-refractivity contribution < 1.29 is 9.47 Å². The molecular formula is C18H16N2O2. The molecule has 2 rings (SSSR count). The van der Waals surface area contributed by atoms with E-state index >= 15 is 0 Å². The van der Waals surface area contributed by atoms with Crippen molar-refractivity contribution in [3.05, 3.63) is 59.7 Å². The van der Waals surface area contributed by atoms with Crippen molar-refractivity contribution in [1.82, 2.24) is 0 Å². The van der Waals surface area contributed by atoms with E-state index in [0.29, 0.717) is 17.4 Å². The molecule has 0 bridgehead atoms. The summed E-state index contributed by atoms with van der Waals surface area (Å²) < 4.78 is 9.62. The first kappa shape index (κ1) is 15.4. The van der Waals surface area contributed by atoms with Crippen molar-refractivity contribution in [2.75, 3.05) is 0 Å². The standard InChI is InChI=1S/C18H16N2O2/c1-13(2)18(14-3-7-16(8-4-14)21-11-19)15-5-9-17(10-6-15)22-12-20/h3-10,13,18H,1-2H3. The summed E-state index contributed by atoms with van der Waals surface area (Å²) in [6.07, 6.45) is 3.33. The molecule has 0 N–H and O–H groups in total. The summed E-state index contributed by atoms with van der Waals surface area (Å²) in [6, 6.07) is 15.0. The summed E-state index contributed by atoms with van der Waals surface area (Å²) in [5.74, 6) is 1.68. The van der Waals surface area contributed by atoms with E-state index in [1.807, 2.05) is 24.3 Å². The lowest BCUT2D eigenvalue weighted by atomic mass is 9.82. The molecule has 0 fully saturated rings. The lowest BCUT2D eigenvalue weighted by Crippen LogP contribution is -2.08. The van der Waals surface area contributed by atoms with E-state index in [2.05, 4.69) is 13.8 Å². The Balaban J connectivity index is 2.30. The summed E-state index contributed by atoms with van der Waals surface area (Å²) in [6.45, 7) is 4.31. The Morgan fingerprint density at radius 3 is 1.36 bits per heavy atom. The van der Waals surface area contributed by atoms with Crippen molar-refractivity contribution in [1.29, 1.82) is 10.5 Å². The van der Waals surface area contributed by atoms with Crippen LogP contribution in [0.3, 0.4) is 0 Å². The minimum Gasteiger partial charge on any atom is -0.388 e. The zero-order valence-corrected chi connectivity index (χ0v) is 12.5. The third-order valence-electron chi connectivity index (χ3n) is 3.47. The van der Waals surface area contributed by atoms with Crippen molar-refractivity contribution in [3.8, 4) is 24.0 Å². The summed E-state index contributed by atoms with van der Waals surface area (Å²) >= 11 is 0. The number of hydrogen-bond donors (Lipinski definition) is 0. The van der Waals surface area contributed by atoms with Crippen LogP contribution >= 0.6 is 0 Å². The maximum absolute atomic E-state index is 8.53. The molecule has 0 unspecified atom stereocenters. The van der Waals surface area contributed by atoms with Gasteiger partial charge in [0.1, 0.15) is 11.5 Å². The Labute approximate surface area is 130 Å². The van der Waals surface area contributed by atoms with Crippen LogP contribution in [-0.2, 0) is 0 Å². The molecule has 2 aromatic rings. The molecule has 2 aromatic carbocycles. The van der Waals surface area contributed by atoms with E-state index in [1.165, 1.54) is 0 Å². The molecule has 0 aromatic heterocycles. The molecule has 110 valence electrons. The molecule has 0 amide bonds. The van der Waals surface area contributed by atoms with Crippen LogP contribution in [0.25, 0.3) is 0 Å². The first-order chi connectivity index (χ1) is 10.7. The Bertz CT molecular complexity index is 632. The highest BCUT2D eigenvalue weighted by Crippen LogP contribution is 2.33. The third-order valence-corrected chi connectivity index (χ3v) is 3.47. The van der Waals surface area contributed by atoms with Crippen LogP contribution in [0.15, 0.2) is 48.5 Å². The predicted molar refractivity (Wildman–Crippen MR) is 82.0 cm³/mol. The van der Waals surface area contributed by atoms with E-state index in [4.69, 9.17) is 20.0 Å². The topological polar surface area (TPSA) is 66.0 Å². The van der Waals surface area contributed by atoms with Crippen LogP contribution in [0.5, 0.6) is 11.5 Å². The van der Waals surface area contributed by atoms with Crippen LogP contribution in [-0.4, -0.2) is 0 Å². The molecule has 0 aliphatic rings. The van der Waals surface area contributed by atoms with Crippen molar-refractivity contribution in [2.24, 2.45) is 5.92 Å². The van der Waals surface area contributed by atoms with Crippen LogP contribution in [0, 0.1) is 29.0 Å². The lowest BCUT2D eigenvalue weighted by Gasteiger charge is -2.22. The molecular weight excluding hydrogens is 276 g/mol. The number of ether oxygens (including phenoxy) is 2. The van der Waals surface area contributed by atoms with Gasteiger partial charge in [-0.1, -0.05) is 38.1 Å².